The van der Waals surface area contributed by atoms with Gasteiger partial charge in [-0.25, -0.2) is 4.98 Å². The van der Waals surface area contributed by atoms with Gasteiger partial charge < -0.3 is 11.1 Å². The van der Waals surface area contributed by atoms with E-state index in [0.717, 1.165) is 11.6 Å². The second kappa shape index (κ2) is 5.17. The number of nitrogens with one attached hydrogen (secondary N) is 1. The number of pyridine rings is 1. The molecule has 0 amide bonds. The highest BCUT2D eigenvalue weighted by Crippen LogP contribution is 2.34. The first-order valence-corrected chi connectivity index (χ1v) is 5.57. The van der Waals surface area contributed by atoms with Crippen molar-refractivity contribution in [3.8, 4) is 0 Å². The molecule has 0 aliphatic heterocycles. The number of hydrogen-bond donors (Lipinski definition) is 2. The molecule has 3 N–H and O–H groups in total. The third-order valence-corrected chi connectivity index (χ3v) is 2.56. The maximum absolute atomic E-state index is 12.8. The Kier molecular flexibility index (Phi) is 3.59. The molecule has 0 unspecified atom stereocenters. The lowest BCUT2D eigenvalue weighted by molar-refractivity contribution is -0.136. The Morgan fingerprint density at radius 1 is 1.16 bits per heavy atom. The summed E-state index contributed by atoms with van der Waals surface area (Å²) in [5.74, 6) is 0.336. The highest BCUT2D eigenvalue weighted by molar-refractivity contribution is 5.53. The third kappa shape index (κ3) is 3.37. The van der Waals surface area contributed by atoms with Gasteiger partial charge in [0.2, 0.25) is 0 Å². The number of rotatable bonds is 3. The van der Waals surface area contributed by atoms with Crippen molar-refractivity contribution in [2.24, 2.45) is 0 Å². The largest absolute Gasteiger partial charge is 0.418 e. The van der Waals surface area contributed by atoms with Crippen LogP contribution in [0.1, 0.15) is 11.1 Å². The predicted molar refractivity (Wildman–Crippen MR) is 67.4 cm³/mol. The van der Waals surface area contributed by atoms with E-state index in [9.17, 15) is 13.2 Å². The van der Waals surface area contributed by atoms with E-state index in [0.29, 0.717) is 5.82 Å². The molecule has 1 aromatic heterocycles. The Morgan fingerprint density at radius 3 is 2.58 bits per heavy atom. The molecule has 0 bridgehead atoms. The summed E-state index contributed by atoms with van der Waals surface area (Å²) in [5.41, 5.74) is 5.64. The van der Waals surface area contributed by atoms with Crippen LogP contribution in [0.2, 0.25) is 0 Å². The molecule has 0 saturated carbocycles. The van der Waals surface area contributed by atoms with Crippen molar-refractivity contribution in [3.05, 3.63) is 53.7 Å². The number of hydrogen-bond acceptors (Lipinski definition) is 3. The molecule has 2 rings (SSSR count). The average Bonchev–Trinajstić information content (AvgIpc) is 2.36. The number of anilines is 2. The minimum atomic E-state index is -4.37. The van der Waals surface area contributed by atoms with Crippen LogP contribution in [-0.4, -0.2) is 4.98 Å². The van der Waals surface area contributed by atoms with Gasteiger partial charge in [0, 0.05) is 18.4 Å². The van der Waals surface area contributed by atoms with E-state index in [1.165, 1.54) is 18.3 Å². The number of nitrogen functional groups attached to an aromatic ring is 1. The van der Waals surface area contributed by atoms with E-state index in [-0.39, 0.29) is 12.2 Å². The van der Waals surface area contributed by atoms with E-state index in [1.54, 1.807) is 18.2 Å². The van der Waals surface area contributed by atoms with E-state index in [2.05, 4.69) is 10.3 Å². The first-order valence-electron chi connectivity index (χ1n) is 5.57. The molecule has 0 fully saturated rings. The lowest BCUT2D eigenvalue weighted by Gasteiger charge is -2.14. The Labute approximate surface area is 108 Å². The molecule has 3 nitrogen and oxygen atoms in total. The summed E-state index contributed by atoms with van der Waals surface area (Å²) in [4.78, 5) is 3.82. The van der Waals surface area contributed by atoms with Crippen molar-refractivity contribution in [1.29, 1.82) is 0 Å². The molecule has 1 aromatic carbocycles. The molecule has 6 heteroatoms. The standard InChI is InChI=1S/C13H12F3N3/c14-13(15,16)10-3-1-2-4-11(10)19-8-9-5-6-18-12(17)7-9/h1-7,19H,8H2,(H2,17,18). The summed E-state index contributed by atoms with van der Waals surface area (Å²) in [7, 11) is 0. The van der Waals surface area contributed by atoms with Gasteiger partial charge in [0.1, 0.15) is 5.82 Å². The molecule has 2 aromatic rings. The van der Waals surface area contributed by atoms with Gasteiger partial charge in [-0.3, -0.25) is 0 Å². The summed E-state index contributed by atoms with van der Waals surface area (Å²) in [5, 5.41) is 2.76. The maximum atomic E-state index is 12.8. The van der Waals surface area contributed by atoms with Crippen molar-refractivity contribution in [2.45, 2.75) is 12.7 Å². The van der Waals surface area contributed by atoms with Crippen LogP contribution in [0.15, 0.2) is 42.6 Å². The Balaban J connectivity index is 2.16. The van der Waals surface area contributed by atoms with Crippen molar-refractivity contribution >= 4 is 11.5 Å². The van der Waals surface area contributed by atoms with Crippen molar-refractivity contribution < 1.29 is 13.2 Å². The summed E-state index contributed by atoms with van der Waals surface area (Å²) in [6.45, 7) is 0.250. The molecule has 0 spiro atoms. The first kappa shape index (κ1) is 13.2. The Hall–Kier alpha value is -2.24. The topological polar surface area (TPSA) is 50.9 Å². The van der Waals surface area contributed by atoms with E-state index >= 15 is 0 Å². The molecular formula is C13H12F3N3. The Morgan fingerprint density at radius 2 is 1.89 bits per heavy atom. The number of alkyl halides is 3. The SMILES string of the molecule is Nc1cc(CNc2ccccc2C(F)(F)F)ccn1. The van der Waals surface area contributed by atoms with Gasteiger partial charge in [0.15, 0.2) is 0 Å². The molecular weight excluding hydrogens is 255 g/mol. The third-order valence-electron chi connectivity index (χ3n) is 2.56. The lowest BCUT2D eigenvalue weighted by Crippen LogP contribution is -2.10. The summed E-state index contributed by atoms with van der Waals surface area (Å²) >= 11 is 0. The summed E-state index contributed by atoms with van der Waals surface area (Å²) in [6, 6.07) is 8.66. The van der Waals surface area contributed by atoms with Gasteiger partial charge in [0.05, 0.1) is 5.56 Å². The van der Waals surface area contributed by atoms with Crippen molar-refractivity contribution in [1.82, 2.24) is 4.98 Å². The number of nitrogens with zero attached hydrogens (tertiary/aromatic N) is 1. The highest BCUT2D eigenvalue weighted by Gasteiger charge is 2.32. The van der Waals surface area contributed by atoms with Crippen LogP contribution in [0.3, 0.4) is 0 Å². The van der Waals surface area contributed by atoms with E-state index in [4.69, 9.17) is 5.73 Å². The highest BCUT2D eigenvalue weighted by atomic mass is 19.4. The average molecular weight is 267 g/mol. The lowest BCUT2D eigenvalue weighted by atomic mass is 10.1. The van der Waals surface area contributed by atoms with Gasteiger partial charge in [-0.2, -0.15) is 13.2 Å². The first-order chi connectivity index (χ1) is 8.97. The molecule has 0 radical (unpaired) electrons. The molecule has 0 aliphatic carbocycles. The molecule has 0 saturated heterocycles. The van der Waals surface area contributed by atoms with Gasteiger partial charge in [0.25, 0.3) is 0 Å². The predicted octanol–water partition coefficient (Wildman–Crippen LogP) is 3.29. The molecule has 100 valence electrons. The number of benzene rings is 1. The van der Waals surface area contributed by atoms with Crippen LogP contribution >= 0.6 is 0 Å². The van der Waals surface area contributed by atoms with Crippen LogP contribution in [0.5, 0.6) is 0 Å². The van der Waals surface area contributed by atoms with Gasteiger partial charge in [-0.1, -0.05) is 12.1 Å². The Bertz CT molecular complexity index is 567. The number of nitrogens with two attached hydrogens (primary N) is 1. The zero-order valence-corrected chi connectivity index (χ0v) is 9.91. The van der Waals surface area contributed by atoms with Crippen LogP contribution in [0.4, 0.5) is 24.7 Å². The van der Waals surface area contributed by atoms with Gasteiger partial charge in [-0.15, -0.1) is 0 Å². The minimum absolute atomic E-state index is 0.0467. The fourth-order valence-electron chi connectivity index (χ4n) is 1.69. The fraction of sp³-hybridized carbons (Fsp3) is 0.154. The van der Waals surface area contributed by atoms with E-state index < -0.39 is 11.7 Å². The van der Waals surface area contributed by atoms with Crippen LogP contribution in [0, 0.1) is 0 Å². The van der Waals surface area contributed by atoms with Gasteiger partial charge in [-0.05, 0) is 29.8 Å². The zero-order valence-electron chi connectivity index (χ0n) is 9.91. The number of aromatic nitrogens is 1. The number of para-hydroxylation sites is 1. The zero-order chi connectivity index (χ0) is 13.9. The quantitative estimate of drug-likeness (QED) is 0.897. The van der Waals surface area contributed by atoms with Crippen molar-refractivity contribution in [3.63, 3.8) is 0 Å². The van der Waals surface area contributed by atoms with Crippen LogP contribution < -0.4 is 11.1 Å². The normalized spacial score (nSPS) is 11.3. The van der Waals surface area contributed by atoms with Crippen LogP contribution in [0.25, 0.3) is 0 Å². The monoisotopic (exact) mass is 267 g/mol. The molecule has 1 heterocycles. The van der Waals surface area contributed by atoms with E-state index in [1.807, 2.05) is 0 Å². The fourth-order valence-corrected chi connectivity index (χ4v) is 1.69. The van der Waals surface area contributed by atoms with Crippen LogP contribution in [-0.2, 0) is 12.7 Å². The number of halogens is 3. The second-order valence-electron chi connectivity index (χ2n) is 3.99. The molecule has 0 aliphatic rings. The smallest absolute Gasteiger partial charge is 0.384 e. The maximum Gasteiger partial charge on any atom is 0.418 e. The minimum Gasteiger partial charge on any atom is -0.384 e. The molecule has 19 heavy (non-hydrogen) atoms. The summed E-state index contributed by atoms with van der Waals surface area (Å²) < 4.78 is 38.3. The summed E-state index contributed by atoms with van der Waals surface area (Å²) in [6.07, 6.45) is -2.86. The second-order valence-corrected chi connectivity index (χ2v) is 3.99. The van der Waals surface area contributed by atoms with Crippen molar-refractivity contribution in [2.75, 3.05) is 11.1 Å². The molecule has 0 atom stereocenters. The van der Waals surface area contributed by atoms with Gasteiger partial charge >= 0.3 is 6.18 Å².